The first-order valence-electron chi connectivity index (χ1n) is 12.3. The normalized spacial score (nSPS) is 11.8. The predicted octanol–water partition coefficient (Wildman–Crippen LogP) is 7.31. The number of fused-ring (bicyclic) bond motifs is 1. The van der Waals surface area contributed by atoms with Crippen LogP contribution < -0.4 is 4.74 Å². The second-order valence-corrected chi connectivity index (χ2v) is 12.1. The van der Waals surface area contributed by atoms with Crippen molar-refractivity contribution in [1.82, 2.24) is 9.88 Å². The number of carbonyl (C=O) groups excluding carboxylic acids is 1. The molecular weight excluding hydrogens is 552 g/mol. The van der Waals surface area contributed by atoms with Gasteiger partial charge >= 0.3 is 5.97 Å². The highest BCUT2D eigenvalue weighted by atomic mass is 35.5. The minimum Gasteiger partial charge on any atom is -0.487 e. The van der Waals surface area contributed by atoms with Gasteiger partial charge in [0.2, 0.25) is 5.91 Å². The quantitative estimate of drug-likeness (QED) is 0.176. The Morgan fingerprint density at radius 2 is 1.79 bits per heavy atom. The maximum absolute atomic E-state index is 12.1. The fourth-order valence-corrected chi connectivity index (χ4v) is 6.67. The number of amides is 1. The number of pyridine rings is 1. The number of carboxylic acids is 1. The van der Waals surface area contributed by atoms with Gasteiger partial charge in [-0.05, 0) is 47.5 Å². The van der Waals surface area contributed by atoms with Crippen molar-refractivity contribution >= 4 is 57.9 Å². The van der Waals surface area contributed by atoms with E-state index in [2.05, 4.69) is 4.98 Å². The highest BCUT2D eigenvalue weighted by Gasteiger charge is 2.18. The number of rotatable bonds is 12. The molecular formula is C30H29ClN2O4S2. The summed E-state index contributed by atoms with van der Waals surface area (Å²) in [6.07, 6.45) is 0.425. The number of hydrogen-bond acceptors (Lipinski definition) is 6. The first-order chi connectivity index (χ1) is 18.8. The third-order valence-corrected chi connectivity index (χ3v) is 9.07. The fourth-order valence-electron chi connectivity index (χ4n) is 3.86. The lowest BCUT2D eigenvalue weighted by Gasteiger charge is -2.19. The molecule has 0 radical (unpaired) electrons. The Labute approximate surface area is 241 Å². The van der Waals surface area contributed by atoms with Crippen molar-refractivity contribution in [3.8, 4) is 5.75 Å². The lowest BCUT2D eigenvalue weighted by Crippen LogP contribution is -2.21. The van der Waals surface area contributed by atoms with Gasteiger partial charge in [-0.3, -0.25) is 4.79 Å². The lowest BCUT2D eigenvalue weighted by atomic mass is 10.1. The van der Waals surface area contributed by atoms with Crippen LogP contribution >= 0.6 is 35.1 Å². The van der Waals surface area contributed by atoms with Crippen LogP contribution in [0, 0.1) is 0 Å². The summed E-state index contributed by atoms with van der Waals surface area (Å²) in [5.41, 5.74) is 3.71. The summed E-state index contributed by atoms with van der Waals surface area (Å²) in [6, 6.07) is 24.5. The van der Waals surface area contributed by atoms with Crippen LogP contribution in [-0.2, 0) is 17.2 Å². The van der Waals surface area contributed by atoms with Gasteiger partial charge in [-0.1, -0.05) is 54.1 Å². The molecule has 1 aromatic heterocycles. The number of hydrogen-bond donors (Lipinski definition) is 1. The molecule has 202 valence electrons. The van der Waals surface area contributed by atoms with E-state index in [1.165, 1.54) is 0 Å². The Morgan fingerprint density at radius 3 is 2.59 bits per heavy atom. The molecule has 1 N–H and O–H groups in total. The van der Waals surface area contributed by atoms with Crippen LogP contribution in [-0.4, -0.2) is 46.7 Å². The number of aromatic nitrogens is 1. The number of aromatic carboxylic acids is 1. The number of halogens is 1. The molecule has 0 saturated carbocycles. The van der Waals surface area contributed by atoms with Gasteiger partial charge in [0.25, 0.3) is 0 Å². The third-order valence-electron chi connectivity index (χ3n) is 5.95. The fraction of sp³-hybridized carbons (Fsp3) is 0.233. The highest BCUT2D eigenvalue weighted by molar-refractivity contribution is 8.16. The van der Waals surface area contributed by atoms with E-state index in [4.69, 9.17) is 16.3 Å². The number of nitrogens with zero attached hydrogens (tertiary/aromatic N) is 2. The van der Waals surface area contributed by atoms with Crippen LogP contribution in [0.5, 0.6) is 5.75 Å². The third kappa shape index (κ3) is 8.14. The molecule has 1 unspecified atom stereocenters. The summed E-state index contributed by atoms with van der Waals surface area (Å²) in [5.74, 6) is 1.01. The Hall–Kier alpha value is -3.20. The highest BCUT2D eigenvalue weighted by Crippen LogP contribution is 2.42. The van der Waals surface area contributed by atoms with Gasteiger partial charge in [0.15, 0.2) is 0 Å². The molecule has 0 spiro atoms. The smallest absolute Gasteiger partial charge is 0.335 e. The minimum absolute atomic E-state index is 0.0219. The zero-order valence-electron chi connectivity index (χ0n) is 21.7. The number of carboxylic acid groups (broad SMARTS) is 1. The second kappa shape index (κ2) is 13.7. The van der Waals surface area contributed by atoms with E-state index in [0.29, 0.717) is 40.9 Å². The molecule has 4 rings (SSSR count). The summed E-state index contributed by atoms with van der Waals surface area (Å²) in [5, 5.41) is 11.2. The maximum Gasteiger partial charge on any atom is 0.335 e. The number of carbonyl (C=O) groups is 2. The maximum atomic E-state index is 12.1. The summed E-state index contributed by atoms with van der Waals surface area (Å²) in [7, 11) is 3.50. The van der Waals surface area contributed by atoms with E-state index in [1.54, 1.807) is 54.7 Å². The van der Waals surface area contributed by atoms with Gasteiger partial charge in [-0.25, -0.2) is 9.78 Å². The molecule has 39 heavy (non-hydrogen) atoms. The predicted molar refractivity (Wildman–Crippen MR) is 161 cm³/mol. The van der Waals surface area contributed by atoms with Crippen molar-refractivity contribution in [2.75, 3.05) is 19.8 Å². The molecule has 9 heteroatoms. The van der Waals surface area contributed by atoms with Gasteiger partial charge in [-0.15, -0.1) is 23.5 Å². The molecule has 0 aliphatic heterocycles. The first-order valence-corrected chi connectivity index (χ1v) is 14.8. The van der Waals surface area contributed by atoms with Gasteiger partial charge < -0.3 is 14.7 Å². The Kier molecular flexibility index (Phi) is 10.1. The van der Waals surface area contributed by atoms with E-state index >= 15 is 0 Å². The summed E-state index contributed by atoms with van der Waals surface area (Å²) >= 11 is 9.43. The standard InChI is InChI=1S/C30H29ClN2O4S2/c1-33(2)28(34)14-15-38-30(39-19-22-6-3-4-9-26(22)29(35)36)21-7-5-8-25(16-21)37-18-24-13-11-20-10-12-23(31)17-27(20)32-24/h3-13,16-17,30H,14-15,18-19H2,1-2H3,(H,35,36). The summed E-state index contributed by atoms with van der Waals surface area (Å²) < 4.78 is 6.08. The van der Waals surface area contributed by atoms with Gasteiger partial charge in [0.05, 0.1) is 21.4 Å². The zero-order chi connectivity index (χ0) is 27.8. The lowest BCUT2D eigenvalue weighted by molar-refractivity contribution is -0.128. The van der Waals surface area contributed by atoms with Crippen molar-refractivity contribution in [1.29, 1.82) is 0 Å². The molecule has 3 aromatic carbocycles. The van der Waals surface area contributed by atoms with E-state index < -0.39 is 5.97 Å². The molecule has 1 amide bonds. The van der Waals surface area contributed by atoms with Crippen LogP contribution in [0.2, 0.25) is 5.02 Å². The monoisotopic (exact) mass is 580 g/mol. The van der Waals surface area contributed by atoms with Crippen molar-refractivity contribution in [2.24, 2.45) is 0 Å². The van der Waals surface area contributed by atoms with Crippen LogP contribution in [0.1, 0.15) is 38.2 Å². The van der Waals surface area contributed by atoms with E-state index in [1.807, 2.05) is 66.7 Å². The first kappa shape index (κ1) is 28.8. The van der Waals surface area contributed by atoms with Gasteiger partial charge in [0, 0.05) is 42.4 Å². The van der Waals surface area contributed by atoms with Crippen LogP contribution in [0.25, 0.3) is 10.9 Å². The number of benzene rings is 3. The molecule has 4 aromatic rings. The molecule has 0 fully saturated rings. The van der Waals surface area contributed by atoms with Crippen LogP contribution in [0.3, 0.4) is 0 Å². The van der Waals surface area contributed by atoms with Gasteiger partial charge in [-0.2, -0.15) is 0 Å². The Bertz CT molecular complexity index is 1460. The molecule has 0 aliphatic rings. The van der Waals surface area contributed by atoms with E-state index in [0.717, 1.165) is 27.7 Å². The average molecular weight is 581 g/mol. The minimum atomic E-state index is -0.938. The Balaban J connectivity index is 1.48. The zero-order valence-corrected chi connectivity index (χ0v) is 24.1. The molecule has 0 saturated heterocycles. The number of thioether (sulfide) groups is 2. The molecule has 1 atom stereocenters. The molecule has 1 heterocycles. The van der Waals surface area contributed by atoms with Crippen LogP contribution in [0.15, 0.2) is 78.9 Å². The van der Waals surface area contributed by atoms with Crippen molar-refractivity contribution in [3.05, 3.63) is 106 Å². The van der Waals surface area contributed by atoms with Crippen molar-refractivity contribution in [3.63, 3.8) is 0 Å². The topological polar surface area (TPSA) is 79.7 Å². The summed E-state index contributed by atoms with van der Waals surface area (Å²) in [6.45, 7) is 0.306. The summed E-state index contributed by atoms with van der Waals surface area (Å²) in [4.78, 5) is 30.1. The van der Waals surface area contributed by atoms with Gasteiger partial charge in [0.1, 0.15) is 12.4 Å². The van der Waals surface area contributed by atoms with E-state index in [9.17, 15) is 14.7 Å². The second-order valence-electron chi connectivity index (χ2n) is 9.01. The molecule has 6 nitrogen and oxygen atoms in total. The Morgan fingerprint density at radius 1 is 1.00 bits per heavy atom. The largest absolute Gasteiger partial charge is 0.487 e. The average Bonchev–Trinajstić information content (AvgIpc) is 2.93. The van der Waals surface area contributed by atoms with E-state index in [-0.39, 0.29) is 10.5 Å². The van der Waals surface area contributed by atoms with Crippen molar-refractivity contribution < 1.29 is 19.4 Å². The van der Waals surface area contributed by atoms with Crippen molar-refractivity contribution in [2.45, 2.75) is 23.4 Å². The molecule has 0 bridgehead atoms. The number of ether oxygens (including phenoxy) is 1. The molecule has 0 aliphatic carbocycles. The van der Waals surface area contributed by atoms with Crippen LogP contribution in [0.4, 0.5) is 0 Å². The SMILES string of the molecule is CN(C)C(=O)CCSC(SCc1ccccc1C(=O)O)c1cccc(OCc2ccc3ccc(Cl)cc3n2)c1.